The summed E-state index contributed by atoms with van der Waals surface area (Å²) < 4.78 is 30.9. The predicted molar refractivity (Wildman–Crippen MR) is 102 cm³/mol. The average molecular weight is 371 g/mol. The van der Waals surface area contributed by atoms with E-state index in [-0.39, 0.29) is 5.69 Å². The number of aldehydes is 1. The Morgan fingerprint density at radius 2 is 1.67 bits per heavy atom. The van der Waals surface area contributed by atoms with Crippen LogP contribution < -0.4 is 10.6 Å². The number of para-hydroxylation sites is 1. The van der Waals surface area contributed by atoms with E-state index in [9.17, 15) is 13.6 Å². The molecule has 0 aliphatic rings. The molecular formula is C20H19F2N3O2. The molecule has 0 bridgehead atoms. The van der Waals surface area contributed by atoms with Crippen LogP contribution in [0.1, 0.15) is 10.4 Å². The van der Waals surface area contributed by atoms with Crippen LogP contribution in [-0.4, -0.2) is 25.5 Å². The maximum atomic E-state index is 13.7. The number of hydrogen-bond acceptors (Lipinski definition) is 5. The second kappa shape index (κ2) is 9.98. The molecule has 2 aromatic carbocycles. The Balaban J connectivity index is 0.000000817. The highest BCUT2D eigenvalue weighted by Gasteiger charge is 2.08. The van der Waals surface area contributed by atoms with Crippen molar-refractivity contribution < 1.29 is 18.3 Å². The van der Waals surface area contributed by atoms with Gasteiger partial charge in [0.05, 0.1) is 23.1 Å². The molecule has 0 saturated heterocycles. The van der Waals surface area contributed by atoms with Crippen molar-refractivity contribution in [1.82, 2.24) is 4.98 Å². The minimum atomic E-state index is -0.728. The van der Waals surface area contributed by atoms with Crippen molar-refractivity contribution in [3.8, 4) is 0 Å². The molecule has 2 N–H and O–H groups in total. The van der Waals surface area contributed by atoms with Crippen molar-refractivity contribution in [1.29, 1.82) is 0 Å². The molecule has 0 saturated carbocycles. The molecule has 0 aliphatic heterocycles. The van der Waals surface area contributed by atoms with Gasteiger partial charge in [0.2, 0.25) is 0 Å². The predicted octanol–water partition coefficient (Wildman–Crippen LogP) is 4.92. The fourth-order valence-corrected chi connectivity index (χ4v) is 2.15. The summed E-state index contributed by atoms with van der Waals surface area (Å²) in [7, 11) is 3.25. The second-order valence-electron chi connectivity index (χ2n) is 5.43. The third-order valence-electron chi connectivity index (χ3n) is 3.29. The summed E-state index contributed by atoms with van der Waals surface area (Å²) in [6.07, 6.45) is 2.12. The molecule has 7 heteroatoms. The molecule has 0 unspecified atom stereocenters. The quantitative estimate of drug-likeness (QED) is 0.623. The molecule has 0 radical (unpaired) electrons. The maximum Gasteiger partial charge on any atom is 0.153 e. The van der Waals surface area contributed by atoms with Crippen LogP contribution in [-0.2, 0) is 4.74 Å². The fraction of sp³-hybridized carbons (Fsp3) is 0.100. The number of rotatable bonds is 5. The first-order valence-electron chi connectivity index (χ1n) is 7.97. The van der Waals surface area contributed by atoms with Gasteiger partial charge in [-0.05, 0) is 30.3 Å². The zero-order valence-electron chi connectivity index (χ0n) is 14.9. The molecule has 0 amide bonds. The van der Waals surface area contributed by atoms with Gasteiger partial charge in [0, 0.05) is 26.0 Å². The fourth-order valence-electron chi connectivity index (χ4n) is 2.15. The number of ether oxygens (including phenoxy) is 1. The zero-order valence-corrected chi connectivity index (χ0v) is 14.9. The molecule has 0 atom stereocenters. The maximum absolute atomic E-state index is 13.7. The van der Waals surface area contributed by atoms with Crippen molar-refractivity contribution in [3.63, 3.8) is 0 Å². The number of benzene rings is 2. The number of anilines is 4. The van der Waals surface area contributed by atoms with Crippen molar-refractivity contribution >= 4 is 29.2 Å². The van der Waals surface area contributed by atoms with Gasteiger partial charge in [-0.25, -0.2) is 13.8 Å². The molecule has 3 rings (SSSR count). The first kappa shape index (κ1) is 20.0. The van der Waals surface area contributed by atoms with Gasteiger partial charge in [0.25, 0.3) is 0 Å². The van der Waals surface area contributed by atoms with Crippen LogP contribution in [0.5, 0.6) is 0 Å². The zero-order chi connectivity index (χ0) is 19.6. The van der Waals surface area contributed by atoms with Crippen molar-refractivity contribution in [3.05, 3.63) is 78.0 Å². The van der Waals surface area contributed by atoms with Crippen LogP contribution in [0, 0.1) is 11.6 Å². The average Bonchev–Trinajstić information content (AvgIpc) is 2.66. The van der Waals surface area contributed by atoms with Gasteiger partial charge in [0.15, 0.2) is 6.29 Å². The van der Waals surface area contributed by atoms with E-state index < -0.39 is 11.6 Å². The Hall–Kier alpha value is -3.32. The van der Waals surface area contributed by atoms with Crippen LogP contribution >= 0.6 is 0 Å². The normalized spacial score (nSPS) is 9.78. The highest BCUT2D eigenvalue weighted by molar-refractivity contribution is 5.86. The summed E-state index contributed by atoms with van der Waals surface area (Å²) in [6.45, 7) is 0. The Morgan fingerprint density at radius 3 is 2.30 bits per heavy atom. The number of carbonyl (C=O) groups is 1. The van der Waals surface area contributed by atoms with E-state index in [1.807, 2.05) is 30.3 Å². The highest BCUT2D eigenvalue weighted by atomic mass is 19.1. The van der Waals surface area contributed by atoms with Crippen LogP contribution in [0.4, 0.5) is 31.7 Å². The van der Waals surface area contributed by atoms with Crippen molar-refractivity contribution in [2.45, 2.75) is 0 Å². The lowest BCUT2D eigenvalue weighted by Crippen LogP contribution is -2.01. The third-order valence-corrected chi connectivity index (χ3v) is 3.29. The monoisotopic (exact) mass is 371 g/mol. The topological polar surface area (TPSA) is 63.2 Å². The van der Waals surface area contributed by atoms with Gasteiger partial charge < -0.3 is 15.4 Å². The molecule has 0 aliphatic carbocycles. The Labute approximate surface area is 156 Å². The lowest BCUT2D eigenvalue weighted by Gasteiger charge is -2.11. The van der Waals surface area contributed by atoms with Crippen LogP contribution in [0.25, 0.3) is 0 Å². The SMILES string of the molecule is COC.O=Cc1cc(Nc2ccc(F)cc2F)cnc1Nc1ccccc1. The highest BCUT2D eigenvalue weighted by Crippen LogP contribution is 2.24. The Kier molecular flexibility index (Phi) is 7.39. The summed E-state index contributed by atoms with van der Waals surface area (Å²) in [5, 5.41) is 5.81. The molecule has 0 spiro atoms. The van der Waals surface area contributed by atoms with Crippen molar-refractivity contribution in [2.24, 2.45) is 0 Å². The first-order valence-corrected chi connectivity index (χ1v) is 7.97. The summed E-state index contributed by atoms with van der Waals surface area (Å²) in [6, 6.07) is 14.0. The number of nitrogens with one attached hydrogen (secondary N) is 2. The van der Waals surface area contributed by atoms with Crippen LogP contribution in [0.3, 0.4) is 0 Å². The smallest absolute Gasteiger partial charge is 0.153 e. The molecule has 3 aromatic rings. The van der Waals surface area contributed by atoms with E-state index in [1.54, 1.807) is 14.2 Å². The molecule has 140 valence electrons. The Bertz CT molecular complexity index is 890. The van der Waals surface area contributed by atoms with E-state index in [4.69, 9.17) is 0 Å². The van der Waals surface area contributed by atoms with E-state index in [2.05, 4.69) is 20.4 Å². The number of carbonyl (C=O) groups excluding carboxylic acids is 1. The molecular weight excluding hydrogens is 352 g/mol. The van der Waals surface area contributed by atoms with E-state index in [0.29, 0.717) is 23.4 Å². The van der Waals surface area contributed by atoms with E-state index >= 15 is 0 Å². The number of methoxy groups -OCH3 is 1. The summed E-state index contributed by atoms with van der Waals surface area (Å²) >= 11 is 0. The van der Waals surface area contributed by atoms with E-state index in [1.165, 1.54) is 18.3 Å². The second-order valence-corrected chi connectivity index (χ2v) is 5.43. The Morgan fingerprint density at radius 1 is 0.963 bits per heavy atom. The van der Waals surface area contributed by atoms with Crippen LogP contribution in [0.15, 0.2) is 60.8 Å². The van der Waals surface area contributed by atoms with Gasteiger partial charge >= 0.3 is 0 Å². The first-order chi connectivity index (χ1) is 13.1. The summed E-state index contributed by atoms with van der Waals surface area (Å²) in [5.41, 5.74) is 1.62. The minimum Gasteiger partial charge on any atom is -0.388 e. The number of nitrogens with zero attached hydrogens (tertiary/aromatic N) is 1. The molecule has 0 fully saturated rings. The third kappa shape index (κ3) is 5.86. The molecule has 5 nitrogen and oxygen atoms in total. The number of pyridine rings is 1. The lowest BCUT2D eigenvalue weighted by molar-refractivity contribution is 0.112. The van der Waals surface area contributed by atoms with Crippen molar-refractivity contribution in [2.75, 3.05) is 24.9 Å². The number of hydrogen-bond donors (Lipinski definition) is 2. The van der Waals surface area contributed by atoms with Gasteiger partial charge in [0.1, 0.15) is 17.5 Å². The molecule has 1 aromatic heterocycles. The van der Waals surface area contributed by atoms with Crippen LogP contribution in [0.2, 0.25) is 0 Å². The lowest BCUT2D eigenvalue weighted by atomic mass is 10.2. The molecule has 27 heavy (non-hydrogen) atoms. The van der Waals surface area contributed by atoms with E-state index in [0.717, 1.165) is 17.8 Å². The van der Waals surface area contributed by atoms with Gasteiger partial charge in [-0.1, -0.05) is 18.2 Å². The minimum absolute atomic E-state index is 0.0961. The van der Waals surface area contributed by atoms with Gasteiger partial charge in [-0.2, -0.15) is 0 Å². The molecule has 1 heterocycles. The van der Waals surface area contributed by atoms with Gasteiger partial charge in [-0.3, -0.25) is 4.79 Å². The van der Waals surface area contributed by atoms with Gasteiger partial charge in [-0.15, -0.1) is 0 Å². The number of aromatic nitrogens is 1. The number of halogens is 2. The summed E-state index contributed by atoms with van der Waals surface area (Å²) in [4.78, 5) is 15.5. The largest absolute Gasteiger partial charge is 0.388 e. The standard InChI is InChI=1S/C18H13F2N3O.C2H6O/c19-13-6-7-17(16(20)9-13)22-15-8-12(11-24)18(21-10-15)23-14-4-2-1-3-5-14;1-3-2/h1-11,22H,(H,21,23);1-2H3. The summed E-state index contributed by atoms with van der Waals surface area (Å²) in [5.74, 6) is -0.998.